The molecule has 2 heterocycles. The van der Waals surface area contributed by atoms with Crippen LogP contribution in [0.3, 0.4) is 0 Å². The van der Waals surface area contributed by atoms with Gasteiger partial charge in [-0.05, 0) is 5.56 Å². The topological polar surface area (TPSA) is 69.6 Å². The monoisotopic (exact) mass is 246 g/mol. The molecule has 0 aromatic heterocycles. The number of benzene rings is 1. The van der Waals surface area contributed by atoms with Gasteiger partial charge in [-0.15, -0.1) is 0 Å². The summed E-state index contributed by atoms with van der Waals surface area (Å²) >= 11 is 0. The summed E-state index contributed by atoms with van der Waals surface area (Å²) in [5, 5.41) is 12.3. The van der Waals surface area contributed by atoms with E-state index in [0.29, 0.717) is 6.42 Å². The third-order valence-electron chi connectivity index (χ3n) is 3.53. The molecule has 2 saturated heterocycles. The first-order valence-electron chi connectivity index (χ1n) is 6.00. The van der Waals surface area contributed by atoms with E-state index in [1.807, 2.05) is 30.3 Å². The fraction of sp³-hybridized carbons (Fsp3) is 0.385. The Kier molecular flexibility index (Phi) is 2.56. The van der Waals surface area contributed by atoms with Crippen molar-refractivity contribution < 1.29 is 14.7 Å². The Morgan fingerprint density at radius 3 is 2.67 bits per heavy atom. The maximum Gasteiger partial charge on any atom is 0.250 e. The summed E-state index contributed by atoms with van der Waals surface area (Å²) in [7, 11) is 0. The molecule has 1 aromatic carbocycles. The van der Waals surface area contributed by atoms with E-state index >= 15 is 0 Å². The Balaban J connectivity index is 1.91. The van der Waals surface area contributed by atoms with Gasteiger partial charge >= 0.3 is 0 Å². The molecule has 0 radical (unpaired) electrons. The number of amides is 2. The zero-order valence-corrected chi connectivity index (χ0v) is 9.74. The Hall–Kier alpha value is -1.88. The minimum atomic E-state index is -0.625. The molecule has 18 heavy (non-hydrogen) atoms. The van der Waals surface area contributed by atoms with Gasteiger partial charge in [-0.1, -0.05) is 30.3 Å². The molecule has 2 amide bonds. The highest BCUT2D eigenvalue weighted by molar-refractivity contribution is 5.98. The van der Waals surface area contributed by atoms with Crippen LogP contribution in [0.15, 0.2) is 30.3 Å². The molecule has 3 rings (SSSR count). The molecule has 3 atom stereocenters. The Labute approximate surface area is 104 Å². The lowest BCUT2D eigenvalue weighted by Crippen LogP contribution is -2.56. The summed E-state index contributed by atoms with van der Waals surface area (Å²) in [6.45, 7) is 0.250. The van der Waals surface area contributed by atoms with Crippen LogP contribution >= 0.6 is 0 Å². The van der Waals surface area contributed by atoms with E-state index in [1.165, 1.54) is 4.90 Å². The number of rotatable bonds is 1. The third kappa shape index (κ3) is 1.67. The van der Waals surface area contributed by atoms with E-state index in [9.17, 15) is 14.7 Å². The maximum atomic E-state index is 12.3. The number of aliphatic hydroxyl groups is 1. The first kappa shape index (κ1) is 11.2. The highest BCUT2D eigenvalue weighted by atomic mass is 16.3. The standard InChI is InChI=1S/C13H14N2O3/c16-9-6-10-12(17)14-11(13(18)15(10)7-9)8-4-2-1-3-5-8/h1-5,9-11,16H,6-7H2,(H,14,17)/t9-,10+,11+/m1/s1. The number of fused-ring (bicyclic) bond motifs is 1. The lowest BCUT2D eigenvalue weighted by Gasteiger charge is -2.34. The van der Waals surface area contributed by atoms with E-state index in [-0.39, 0.29) is 18.4 Å². The summed E-state index contributed by atoms with van der Waals surface area (Å²) in [5.41, 5.74) is 0.774. The zero-order valence-electron chi connectivity index (χ0n) is 9.74. The summed E-state index contributed by atoms with van der Waals surface area (Å²) in [6, 6.07) is 8.03. The van der Waals surface area contributed by atoms with Crippen molar-refractivity contribution in [3.05, 3.63) is 35.9 Å². The van der Waals surface area contributed by atoms with Crippen molar-refractivity contribution in [3.63, 3.8) is 0 Å². The number of carbonyl (C=O) groups is 2. The molecule has 0 spiro atoms. The molecule has 0 unspecified atom stereocenters. The average Bonchev–Trinajstić information content (AvgIpc) is 2.78. The highest BCUT2D eigenvalue weighted by Crippen LogP contribution is 2.28. The summed E-state index contributed by atoms with van der Waals surface area (Å²) in [4.78, 5) is 25.7. The fourth-order valence-electron chi connectivity index (χ4n) is 2.64. The number of nitrogens with one attached hydrogen (secondary N) is 1. The van der Waals surface area contributed by atoms with Gasteiger partial charge in [0.1, 0.15) is 12.1 Å². The lowest BCUT2D eigenvalue weighted by atomic mass is 10.0. The predicted molar refractivity (Wildman–Crippen MR) is 63.5 cm³/mol. The van der Waals surface area contributed by atoms with Crippen LogP contribution in [-0.2, 0) is 9.59 Å². The molecule has 2 N–H and O–H groups in total. The molecule has 2 aliphatic rings. The molecule has 94 valence electrons. The van der Waals surface area contributed by atoms with Gasteiger partial charge in [0.25, 0.3) is 5.91 Å². The molecular formula is C13H14N2O3. The number of nitrogens with zero attached hydrogens (tertiary/aromatic N) is 1. The Bertz CT molecular complexity index is 488. The molecule has 0 saturated carbocycles. The van der Waals surface area contributed by atoms with Crippen molar-refractivity contribution >= 4 is 11.8 Å². The number of piperazine rings is 1. The Morgan fingerprint density at radius 1 is 1.22 bits per heavy atom. The second-order valence-corrected chi connectivity index (χ2v) is 4.75. The van der Waals surface area contributed by atoms with Crippen LogP contribution in [0.5, 0.6) is 0 Å². The van der Waals surface area contributed by atoms with E-state index in [0.717, 1.165) is 5.56 Å². The summed E-state index contributed by atoms with van der Waals surface area (Å²) in [5.74, 6) is -0.317. The quantitative estimate of drug-likeness (QED) is 0.722. The number of hydrogen-bond donors (Lipinski definition) is 2. The van der Waals surface area contributed by atoms with Gasteiger partial charge in [-0.25, -0.2) is 0 Å². The van der Waals surface area contributed by atoms with Crippen molar-refractivity contribution in [2.45, 2.75) is 24.6 Å². The molecule has 1 aromatic rings. The maximum absolute atomic E-state index is 12.3. The lowest BCUT2D eigenvalue weighted by molar-refractivity contribution is -0.147. The minimum absolute atomic E-state index is 0.137. The second kappa shape index (κ2) is 4.10. The first-order valence-corrected chi connectivity index (χ1v) is 6.00. The molecule has 0 bridgehead atoms. The van der Waals surface area contributed by atoms with Crippen LogP contribution < -0.4 is 5.32 Å². The molecule has 2 fully saturated rings. The molecule has 5 heteroatoms. The normalized spacial score (nSPS) is 31.2. The van der Waals surface area contributed by atoms with Crippen LogP contribution in [0.2, 0.25) is 0 Å². The largest absolute Gasteiger partial charge is 0.391 e. The van der Waals surface area contributed by atoms with Crippen LogP contribution in [0.4, 0.5) is 0 Å². The van der Waals surface area contributed by atoms with Crippen molar-refractivity contribution in [2.24, 2.45) is 0 Å². The predicted octanol–water partition coefficient (Wildman–Crippen LogP) is -0.181. The summed E-state index contributed by atoms with van der Waals surface area (Å²) < 4.78 is 0. The van der Waals surface area contributed by atoms with Gasteiger partial charge < -0.3 is 15.3 Å². The van der Waals surface area contributed by atoms with Gasteiger partial charge in [0.2, 0.25) is 5.91 Å². The van der Waals surface area contributed by atoms with Crippen LogP contribution in [0.25, 0.3) is 0 Å². The summed E-state index contributed by atoms with van der Waals surface area (Å²) in [6.07, 6.45) is -0.266. The SMILES string of the molecule is O=C1N[C@@H](c2ccccc2)C(=O)N2C[C@H](O)C[C@@H]12. The minimum Gasteiger partial charge on any atom is -0.391 e. The fourth-order valence-corrected chi connectivity index (χ4v) is 2.64. The highest BCUT2D eigenvalue weighted by Gasteiger charge is 2.46. The second-order valence-electron chi connectivity index (χ2n) is 4.75. The number of aliphatic hydroxyl groups excluding tert-OH is 1. The first-order chi connectivity index (χ1) is 8.66. The van der Waals surface area contributed by atoms with E-state index in [2.05, 4.69) is 5.32 Å². The van der Waals surface area contributed by atoms with Gasteiger partial charge in [0.15, 0.2) is 0 Å². The molecule has 5 nitrogen and oxygen atoms in total. The third-order valence-corrected chi connectivity index (χ3v) is 3.53. The van der Waals surface area contributed by atoms with Crippen molar-refractivity contribution in [3.8, 4) is 0 Å². The van der Waals surface area contributed by atoms with Gasteiger partial charge in [0.05, 0.1) is 6.10 Å². The zero-order chi connectivity index (χ0) is 12.7. The van der Waals surface area contributed by atoms with Gasteiger partial charge in [0, 0.05) is 13.0 Å². The van der Waals surface area contributed by atoms with Crippen molar-refractivity contribution in [1.82, 2.24) is 10.2 Å². The van der Waals surface area contributed by atoms with E-state index in [4.69, 9.17) is 0 Å². The van der Waals surface area contributed by atoms with Crippen molar-refractivity contribution in [2.75, 3.05) is 6.54 Å². The Morgan fingerprint density at radius 2 is 1.94 bits per heavy atom. The number of carbonyl (C=O) groups excluding carboxylic acids is 2. The van der Waals surface area contributed by atoms with E-state index in [1.54, 1.807) is 0 Å². The molecular weight excluding hydrogens is 232 g/mol. The van der Waals surface area contributed by atoms with Crippen LogP contribution in [-0.4, -0.2) is 40.5 Å². The van der Waals surface area contributed by atoms with Gasteiger partial charge in [-0.2, -0.15) is 0 Å². The van der Waals surface area contributed by atoms with Crippen molar-refractivity contribution in [1.29, 1.82) is 0 Å². The van der Waals surface area contributed by atoms with Gasteiger partial charge in [-0.3, -0.25) is 9.59 Å². The smallest absolute Gasteiger partial charge is 0.250 e. The average molecular weight is 246 g/mol. The van der Waals surface area contributed by atoms with E-state index < -0.39 is 18.2 Å². The van der Waals surface area contributed by atoms with Crippen LogP contribution in [0, 0.1) is 0 Å². The molecule has 2 aliphatic heterocycles. The van der Waals surface area contributed by atoms with Crippen LogP contribution in [0.1, 0.15) is 18.0 Å². The molecule has 0 aliphatic carbocycles. The number of hydrogen-bond acceptors (Lipinski definition) is 3.